The molecule has 20 heavy (non-hydrogen) atoms. The van der Waals surface area contributed by atoms with E-state index < -0.39 is 16.0 Å². The zero-order valence-electron chi connectivity index (χ0n) is 11.6. The van der Waals surface area contributed by atoms with Gasteiger partial charge in [0, 0.05) is 18.8 Å². The summed E-state index contributed by atoms with van der Waals surface area (Å²) in [4.78, 5) is 11.2. The summed E-state index contributed by atoms with van der Waals surface area (Å²) in [5.41, 5.74) is 0.390. The van der Waals surface area contributed by atoms with Crippen LogP contribution in [0.1, 0.15) is 37.0 Å². The predicted molar refractivity (Wildman–Crippen MR) is 77.7 cm³/mol. The van der Waals surface area contributed by atoms with Gasteiger partial charge in [0.25, 0.3) is 0 Å². The van der Waals surface area contributed by atoms with Gasteiger partial charge in [0.2, 0.25) is 10.0 Å². The topological polar surface area (TPSA) is 95.5 Å². The van der Waals surface area contributed by atoms with Gasteiger partial charge in [0.1, 0.15) is 0 Å². The Labute approximate surface area is 119 Å². The molecule has 7 heteroatoms. The molecule has 0 aromatic heterocycles. The number of rotatable bonds is 8. The number of carboxylic acid groups (broad SMARTS) is 1. The van der Waals surface area contributed by atoms with Crippen molar-refractivity contribution in [3.8, 4) is 0 Å². The molecule has 1 aromatic rings. The summed E-state index contributed by atoms with van der Waals surface area (Å²) in [5.74, 6) is -1.16. The summed E-state index contributed by atoms with van der Waals surface area (Å²) in [5, 5.41) is 12.2. The van der Waals surface area contributed by atoms with Crippen molar-refractivity contribution in [2.75, 3.05) is 18.4 Å². The van der Waals surface area contributed by atoms with E-state index >= 15 is 0 Å². The summed E-state index contributed by atoms with van der Waals surface area (Å²) in [7, 11) is -3.65. The number of benzene rings is 1. The van der Waals surface area contributed by atoms with Gasteiger partial charge in [0.05, 0.1) is 10.5 Å². The third kappa shape index (κ3) is 4.21. The van der Waals surface area contributed by atoms with Crippen LogP contribution in [-0.4, -0.2) is 32.6 Å². The van der Waals surface area contributed by atoms with Crippen LogP contribution in [0.25, 0.3) is 0 Å². The minimum Gasteiger partial charge on any atom is -0.478 e. The molecule has 3 N–H and O–H groups in total. The number of sulfonamides is 1. The highest BCUT2D eigenvalue weighted by atomic mass is 32.2. The quantitative estimate of drug-likeness (QED) is 0.637. The number of nitrogens with one attached hydrogen (secondary N) is 2. The van der Waals surface area contributed by atoms with E-state index in [4.69, 9.17) is 0 Å². The fourth-order valence-corrected chi connectivity index (χ4v) is 2.76. The zero-order chi connectivity index (χ0) is 15.2. The molecule has 1 rings (SSSR count). The summed E-state index contributed by atoms with van der Waals surface area (Å²) < 4.78 is 26.0. The number of hydrogen-bond donors (Lipinski definition) is 3. The van der Waals surface area contributed by atoms with Crippen molar-refractivity contribution in [2.45, 2.75) is 31.6 Å². The summed E-state index contributed by atoms with van der Waals surface area (Å²) in [6.07, 6.45) is 1.90. The van der Waals surface area contributed by atoms with Crippen molar-refractivity contribution in [1.29, 1.82) is 0 Å². The molecule has 0 unspecified atom stereocenters. The largest absolute Gasteiger partial charge is 0.478 e. The van der Waals surface area contributed by atoms with Crippen molar-refractivity contribution in [1.82, 2.24) is 4.72 Å². The highest BCUT2D eigenvalue weighted by Crippen LogP contribution is 2.20. The van der Waals surface area contributed by atoms with Crippen LogP contribution in [0, 0.1) is 0 Å². The van der Waals surface area contributed by atoms with Gasteiger partial charge in [0.15, 0.2) is 0 Å². The van der Waals surface area contributed by atoms with Gasteiger partial charge in [-0.1, -0.05) is 20.3 Å². The van der Waals surface area contributed by atoms with E-state index in [0.29, 0.717) is 12.2 Å². The van der Waals surface area contributed by atoms with E-state index in [2.05, 4.69) is 10.0 Å². The minimum atomic E-state index is -3.65. The first-order valence-electron chi connectivity index (χ1n) is 6.53. The number of hydrogen-bond acceptors (Lipinski definition) is 4. The second kappa shape index (κ2) is 7.25. The molecule has 0 saturated carbocycles. The van der Waals surface area contributed by atoms with E-state index in [1.165, 1.54) is 18.2 Å². The normalized spacial score (nSPS) is 11.3. The third-order valence-corrected chi connectivity index (χ3v) is 4.26. The van der Waals surface area contributed by atoms with Gasteiger partial charge < -0.3 is 10.4 Å². The van der Waals surface area contributed by atoms with E-state index in [-0.39, 0.29) is 17.0 Å². The van der Waals surface area contributed by atoms with E-state index in [0.717, 1.165) is 12.8 Å². The van der Waals surface area contributed by atoms with Crippen molar-refractivity contribution >= 4 is 21.7 Å². The van der Waals surface area contributed by atoms with Crippen molar-refractivity contribution in [3.05, 3.63) is 23.8 Å². The number of unbranched alkanes of at least 4 members (excludes halogenated alkanes) is 1. The van der Waals surface area contributed by atoms with Gasteiger partial charge >= 0.3 is 5.97 Å². The number of aromatic carboxylic acids is 1. The second-order valence-electron chi connectivity index (χ2n) is 4.29. The number of anilines is 1. The maximum Gasteiger partial charge on any atom is 0.337 e. The average Bonchev–Trinajstić information content (AvgIpc) is 2.38. The molecule has 0 spiro atoms. The summed E-state index contributed by atoms with van der Waals surface area (Å²) in [6, 6.07) is 4.07. The smallest absolute Gasteiger partial charge is 0.337 e. The molecule has 0 fully saturated rings. The van der Waals surface area contributed by atoms with Gasteiger partial charge in [-0.3, -0.25) is 0 Å². The lowest BCUT2D eigenvalue weighted by atomic mass is 10.1. The van der Waals surface area contributed by atoms with Crippen LogP contribution in [0.5, 0.6) is 0 Å². The van der Waals surface area contributed by atoms with Crippen LogP contribution < -0.4 is 10.0 Å². The maximum absolute atomic E-state index is 11.9. The molecule has 6 nitrogen and oxygen atoms in total. The molecule has 0 saturated heterocycles. The van der Waals surface area contributed by atoms with Crippen LogP contribution in [0.15, 0.2) is 23.1 Å². The molecule has 0 amide bonds. The zero-order valence-corrected chi connectivity index (χ0v) is 12.5. The van der Waals surface area contributed by atoms with Crippen LogP contribution >= 0.6 is 0 Å². The minimum absolute atomic E-state index is 0.0416. The Balaban J connectivity index is 3.10. The summed E-state index contributed by atoms with van der Waals surface area (Å²) >= 11 is 0. The number of carboxylic acids is 1. The first-order valence-corrected chi connectivity index (χ1v) is 8.01. The molecular weight excluding hydrogens is 280 g/mol. The standard InChI is InChI=1S/C13H20N2O4S/c1-3-5-8-14-12-7-6-10(9-11(12)13(16)17)20(18,19)15-4-2/h6-7,9,14-15H,3-5,8H2,1-2H3,(H,16,17). The van der Waals surface area contributed by atoms with E-state index in [1.807, 2.05) is 6.92 Å². The lowest BCUT2D eigenvalue weighted by molar-refractivity contribution is 0.0697. The van der Waals surface area contributed by atoms with Crippen LogP contribution in [0.3, 0.4) is 0 Å². The highest BCUT2D eigenvalue weighted by molar-refractivity contribution is 7.89. The summed E-state index contributed by atoms with van der Waals surface area (Å²) in [6.45, 7) is 4.60. The van der Waals surface area contributed by atoms with Gasteiger partial charge in [-0.15, -0.1) is 0 Å². The first kappa shape index (κ1) is 16.5. The van der Waals surface area contributed by atoms with Crippen LogP contribution in [0.2, 0.25) is 0 Å². The lowest BCUT2D eigenvalue weighted by Crippen LogP contribution is -2.23. The Kier molecular flexibility index (Phi) is 5.97. The molecule has 0 heterocycles. The van der Waals surface area contributed by atoms with Crippen LogP contribution in [0.4, 0.5) is 5.69 Å². The van der Waals surface area contributed by atoms with Crippen molar-refractivity contribution < 1.29 is 18.3 Å². The van der Waals surface area contributed by atoms with Gasteiger partial charge in [-0.2, -0.15) is 0 Å². The SMILES string of the molecule is CCCCNc1ccc(S(=O)(=O)NCC)cc1C(=O)O. The van der Waals surface area contributed by atoms with Gasteiger partial charge in [-0.25, -0.2) is 17.9 Å². The van der Waals surface area contributed by atoms with Crippen molar-refractivity contribution in [3.63, 3.8) is 0 Å². The second-order valence-corrected chi connectivity index (χ2v) is 6.06. The van der Waals surface area contributed by atoms with E-state index in [1.54, 1.807) is 6.92 Å². The molecule has 0 atom stereocenters. The predicted octanol–water partition coefficient (Wildman–Crippen LogP) is 1.90. The highest BCUT2D eigenvalue weighted by Gasteiger charge is 2.18. The Morgan fingerprint density at radius 1 is 1.30 bits per heavy atom. The fourth-order valence-electron chi connectivity index (χ4n) is 1.69. The van der Waals surface area contributed by atoms with E-state index in [9.17, 15) is 18.3 Å². The lowest BCUT2D eigenvalue weighted by Gasteiger charge is -2.11. The molecular formula is C13H20N2O4S. The Hall–Kier alpha value is -1.60. The molecule has 0 aliphatic carbocycles. The molecule has 112 valence electrons. The van der Waals surface area contributed by atoms with Crippen LogP contribution in [-0.2, 0) is 10.0 Å². The molecule has 0 bridgehead atoms. The maximum atomic E-state index is 11.9. The first-order chi connectivity index (χ1) is 9.42. The Morgan fingerprint density at radius 3 is 2.55 bits per heavy atom. The Bertz CT molecular complexity index is 570. The van der Waals surface area contributed by atoms with Crippen molar-refractivity contribution in [2.24, 2.45) is 0 Å². The fraction of sp³-hybridized carbons (Fsp3) is 0.462. The monoisotopic (exact) mass is 300 g/mol. The van der Waals surface area contributed by atoms with Gasteiger partial charge in [-0.05, 0) is 24.6 Å². The molecule has 0 aliphatic heterocycles. The molecule has 0 radical (unpaired) electrons. The average molecular weight is 300 g/mol. The Morgan fingerprint density at radius 2 is 2.00 bits per heavy atom. The number of carbonyl (C=O) groups is 1. The molecule has 1 aromatic carbocycles. The molecule has 0 aliphatic rings. The third-order valence-electron chi connectivity index (χ3n) is 2.71.